The van der Waals surface area contributed by atoms with Crippen LogP contribution in [0, 0.1) is 0 Å². The first-order valence-corrected chi connectivity index (χ1v) is 7.29. The number of carbonyl (C=O) groups is 1. The van der Waals surface area contributed by atoms with Crippen LogP contribution >= 0.6 is 0 Å². The van der Waals surface area contributed by atoms with E-state index in [2.05, 4.69) is 29.2 Å². The number of hydrogen-bond acceptors (Lipinski definition) is 6. The highest BCUT2D eigenvalue weighted by atomic mass is 28.3. The number of carboxylic acid groups (broad SMARTS) is 1. The zero-order valence-corrected chi connectivity index (χ0v) is 15.2. The summed E-state index contributed by atoms with van der Waals surface area (Å²) in [5.41, 5.74) is 0.604. The van der Waals surface area contributed by atoms with E-state index in [4.69, 9.17) is 19.3 Å². The standard InChI is InChI=1S/C12H14O5.O2Si3/c1-15-9-6-4-8(5-7-10(13)14)11(16-2)12(9)17-3;3-1-5-2-4/h4-7H,1-3H3,(H,13,14);/b7-5+;. The molecule has 0 spiro atoms. The SMILES string of the molecule is COc1ccc(/C=C/C(=O)O)c(OC)c1OC.[Si]O[Si]O[Si]. The lowest BCUT2D eigenvalue weighted by atomic mass is 10.1. The highest BCUT2D eigenvalue weighted by Crippen LogP contribution is 2.40. The van der Waals surface area contributed by atoms with E-state index >= 15 is 0 Å². The Morgan fingerprint density at radius 2 is 1.68 bits per heavy atom. The van der Waals surface area contributed by atoms with Crippen molar-refractivity contribution in [3.8, 4) is 17.2 Å². The van der Waals surface area contributed by atoms with Crippen LogP contribution in [0.25, 0.3) is 6.08 Å². The summed E-state index contributed by atoms with van der Waals surface area (Å²) in [6, 6.07) is 3.38. The van der Waals surface area contributed by atoms with E-state index in [1.807, 2.05) is 0 Å². The van der Waals surface area contributed by atoms with Gasteiger partial charge in [-0.2, -0.15) is 0 Å². The summed E-state index contributed by atoms with van der Waals surface area (Å²) in [6.45, 7) is 0. The molecule has 1 rings (SSSR count). The van der Waals surface area contributed by atoms with Crippen molar-refractivity contribution < 1.29 is 32.3 Å². The molecule has 0 aliphatic heterocycles. The van der Waals surface area contributed by atoms with Gasteiger partial charge in [0.25, 0.3) is 0 Å². The van der Waals surface area contributed by atoms with Gasteiger partial charge in [0.1, 0.15) is 0 Å². The van der Waals surface area contributed by atoms with Crippen LogP contribution in [-0.4, -0.2) is 63.4 Å². The molecule has 1 N–H and O–H groups in total. The van der Waals surface area contributed by atoms with Gasteiger partial charge in [0.2, 0.25) is 26.7 Å². The fourth-order valence-electron chi connectivity index (χ4n) is 1.44. The normalized spacial score (nSPS) is 9.86. The van der Waals surface area contributed by atoms with Gasteiger partial charge in [0.05, 0.1) is 21.3 Å². The molecule has 1 aromatic rings. The van der Waals surface area contributed by atoms with Crippen LogP contribution in [0.3, 0.4) is 0 Å². The predicted molar refractivity (Wildman–Crippen MR) is 82.2 cm³/mol. The number of hydrogen-bond donors (Lipinski definition) is 1. The highest BCUT2D eigenvalue weighted by Gasteiger charge is 2.14. The molecule has 0 aliphatic rings. The molecular weight excluding hydrogens is 340 g/mol. The first kappa shape index (κ1) is 20.4. The summed E-state index contributed by atoms with van der Waals surface area (Å²) < 4.78 is 24.0. The zero-order valence-electron chi connectivity index (χ0n) is 12.2. The smallest absolute Gasteiger partial charge is 0.409 e. The summed E-state index contributed by atoms with van der Waals surface area (Å²) in [4.78, 5) is 10.5. The van der Waals surface area contributed by atoms with Crippen LogP contribution in [0.2, 0.25) is 0 Å². The average molecular weight is 354 g/mol. The van der Waals surface area contributed by atoms with Gasteiger partial charge in [-0.3, -0.25) is 0 Å². The van der Waals surface area contributed by atoms with E-state index in [1.54, 1.807) is 12.1 Å². The second-order valence-corrected chi connectivity index (χ2v) is 5.18. The minimum atomic E-state index is -1.03. The van der Waals surface area contributed by atoms with Gasteiger partial charge in [-0.15, -0.1) is 0 Å². The Kier molecular flexibility index (Phi) is 11.1. The van der Waals surface area contributed by atoms with Crippen molar-refractivity contribution in [1.82, 2.24) is 0 Å². The van der Waals surface area contributed by atoms with Crippen LogP contribution in [0.1, 0.15) is 5.56 Å². The second-order valence-electron chi connectivity index (χ2n) is 3.38. The van der Waals surface area contributed by atoms with Crippen molar-refractivity contribution in [3.63, 3.8) is 0 Å². The maximum Gasteiger partial charge on any atom is 0.409 e. The second kappa shape index (κ2) is 12.0. The first-order chi connectivity index (χ1) is 10.5. The van der Waals surface area contributed by atoms with Crippen molar-refractivity contribution >= 4 is 43.0 Å². The fraction of sp³-hybridized carbons (Fsp3) is 0.250. The van der Waals surface area contributed by atoms with Crippen LogP contribution in [-0.2, 0) is 13.0 Å². The third-order valence-corrected chi connectivity index (χ3v) is 2.89. The quantitative estimate of drug-likeness (QED) is 0.565. The van der Waals surface area contributed by atoms with Crippen molar-refractivity contribution in [3.05, 3.63) is 23.8 Å². The average Bonchev–Trinajstić information content (AvgIpc) is 2.52. The maximum atomic E-state index is 10.5. The van der Waals surface area contributed by atoms with Crippen molar-refractivity contribution in [2.45, 2.75) is 0 Å². The molecule has 0 fully saturated rings. The minimum absolute atomic E-state index is 0.0247. The molecular formula is C12H14O7Si3. The molecule has 116 valence electrons. The van der Waals surface area contributed by atoms with Crippen LogP contribution in [0.4, 0.5) is 0 Å². The van der Waals surface area contributed by atoms with E-state index in [9.17, 15) is 4.79 Å². The molecule has 22 heavy (non-hydrogen) atoms. The van der Waals surface area contributed by atoms with Gasteiger partial charge < -0.3 is 27.5 Å². The topological polar surface area (TPSA) is 83.5 Å². The molecule has 0 saturated heterocycles. The third kappa shape index (κ3) is 6.91. The van der Waals surface area contributed by atoms with Gasteiger partial charge in [0, 0.05) is 11.6 Å². The summed E-state index contributed by atoms with van der Waals surface area (Å²) in [6.07, 6.45) is 2.47. The van der Waals surface area contributed by atoms with Gasteiger partial charge >= 0.3 is 16.0 Å². The number of carboxylic acids is 1. The molecule has 10 heteroatoms. The van der Waals surface area contributed by atoms with E-state index < -0.39 is 5.97 Å². The Hall–Kier alpha value is -1.60. The summed E-state index contributed by atoms with van der Waals surface area (Å²) in [7, 11) is 9.93. The fourth-order valence-corrected chi connectivity index (χ4v) is 1.98. The van der Waals surface area contributed by atoms with Gasteiger partial charge in [-0.25, -0.2) is 4.79 Å². The lowest BCUT2D eigenvalue weighted by molar-refractivity contribution is -0.131. The van der Waals surface area contributed by atoms with E-state index in [0.29, 0.717) is 22.8 Å². The lowest BCUT2D eigenvalue weighted by Crippen LogP contribution is -1.97. The van der Waals surface area contributed by atoms with Crippen LogP contribution < -0.4 is 14.2 Å². The minimum Gasteiger partial charge on any atom is -0.493 e. The Labute approximate surface area is 138 Å². The molecule has 0 aliphatic carbocycles. The van der Waals surface area contributed by atoms with Crippen LogP contribution in [0.15, 0.2) is 18.2 Å². The molecule has 8 radical (unpaired) electrons. The van der Waals surface area contributed by atoms with Gasteiger partial charge in [-0.05, 0) is 18.2 Å². The molecule has 0 aromatic heterocycles. The van der Waals surface area contributed by atoms with E-state index in [1.165, 1.54) is 27.4 Å². The monoisotopic (exact) mass is 354 g/mol. The van der Waals surface area contributed by atoms with E-state index in [0.717, 1.165) is 6.08 Å². The van der Waals surface area contributed by atoms with Gasteiger partial charge in [-0.1, -0.05) is 0 Å². The van der Waals surface area contributed by atoms with Crippen LogP contribution in [0.5, 0.6) is 17.2 Å². The van der Waals surface area contributed by atoms with Crippen molar-refractivity contribution in [1.29, 1.82) is 0 Å². The molecule has 0 bridgehead atoms. The molecule has 1 aromatic carbocycles. The number of benzene rings is 1. The first-order valence-electron chi connectivity index (χ1n) is 5.65. The maximum absolute atomic E-state index is 10.5. The summed E-state index contributed by atoms with van der Waals surface area (Å²) in [5, 5.41) is 8.58. The number of rotatable bonds is 7. The summed E-state index contributed by atoms with van der Waals surface area (Å²) >= 11 is 0. The van der Waals surface area contributed by atoms with Crippen molar-refractivity contribution in [2.24, 2.45) is 0 Å². The lowest BCUT2D eigenvalue weighted by Gasteiger charge is -2.13. The predicted octanol–water partition coefficient (Wildman–Crippen LogP) is 0.531. The molecule has 7 nitrogen and oxygen atoms in total. The van der Waals surface area contributed by atoms with Gasteiger partial charge in [0.15, 0.2) is 11.5 Å². The number of aliphatic carboxylic acids is 1. The molecule has 0 atom stereocenters. The Morgan fingerprint density at radius 3 is 2.05 bits per heavy atom. The number of ether oxygens (including phenoxy) is 3. The summed E-state index contributed by atoms with van der Waals surface area (Å²) in [5.74, 6) is 0.366. The largest absolute Gasteiger partial charge is 0.493 e. The third-order valence-electron chi connectivity index (χ3n) is 2.22. The van der Waals surface area contributed by atoms with Crippen molar-refractivity contribution in [2.75, 3.05) is 21.3 Å². The molecule has 0 unspecified atom stereocenters. The molecule has 0 saturated carbocycles. The zero-order chi connectivity index (χ0) is 17.0. The Morgan fingerprint density at radius 1 is 1.09 bits per heavy atom. The molecule has 0 heterocycles. The highest BCUT2D eigenvalue weighted by molar-refractivity contribution is 6.33. The Bertz CT molecular complexity index is 492. The Balaban J connectivity index is 0.000000763. The molecule has 0 amide bonds. The van der Waals surface area contributed by atoms with E-state index in [-0.39, 0.29) is 10.0 Å². The number of methoxy groups -OCH3 is 3.